The fourth-order valence-corrected chi connectivity index (χ4v) is 2.32. The fraction of sp³-hybridized carbons (Fsp3) is 0.385. The molecule has 0 unspecified atom stereocenters. The molecule has 1 aromatic carbocycles. The normalized spacial score (nSPS) is 13.8. The van der Waals surface area contributed by atoms with Crippen LogP contribution < -0.4 is 0 Å². The maximum Gasteiger partial charge on any atom is 0.305 e. The average molecular weight is 313 g/mol. The minimum atomic E-state index is -1.03. The molecule has 0 bridgehead atoms. The van der Waals surface area contributed by atoms with Crippen molar-refractivity contribution in [2.24, 2.45) is 0 Å². The molecule has 1 N–H and O–H groups in total. The van der Waals surface area contributed by atoms with Gasteiger partial charge in [0, 0.05) is 18.7 Å². The van der Waals surface area contributed by atoms with Gasteiger partial charge in [-0.2, -0.15) is 0 Å². The summed E-state index contributed by atoms with van der Waals surface area (Å²) in [6.45, 7) is 0.0151. The molecule has 8 heteroatoms. The van der Waals surface area contributed by atoms with Gasteiger partial charge in [0.1, 0.15) is 5.56 Å². The number of nitro groups is 1. The lowest BCUT2D eigenvalue weighted by molar-refractivity contribution is -0.385. The zero-order chi connectivity index (χ0) is 15.6. The molecule has 21 heavy (non-hydrogen) atoms. The largest absolute Gasteiger partial charge is 0.481 e. The van der Waals surface area contributed by atoms with Crippen LogP contribution in [0.25, 0.3) is 0 Å². The number of halogens is 1. The van der Waals surface area contributed by atoms with Gasteiger partial charge in [0.25, 0.3) is 11.6 Å². The first-order valence-corrected chi connectivity index (χ1v) is 6.75. The van der Waals surface area contributed by atoms with E-state index in [1.807, 2.05) is 0 Å². The number of nitrogens with zero attached hydrogens (tertiary/aromatic N) is 2. The number of carboxylic acid groups (broad SMARTS) is 1. The molecule has 0 aliphatic heterocycles. The first kappa shape index (κ1) is 15.2. The van der Waals surface area contributed by atoms with E-state index in [1.165, 1.54) is 23.1 Å². The van der Waals surface area contributed by atoms with Gasteiger partial charge in [-0.15, -0.1) is 0 Å². The minimum Gasteiger partial charge on any atom is -0.481 e. The highest BCUT2D eigenvalue weighted by Gasteiger charge is 2.36. The standard InChI is InChI=1S/C13H13ClN2O5/c14-9-2-1-3-10(16(20)21)12(9)13(19)15(8-4-5-8)7-6-11(17)18/h1-3,8H,4-7H2,(H,17,18). The van der Waals surface area contributed by atoms with Gasteiger partial charge in [-0.1, -0.05) is 17.7 Å². The van der Waals surface area contributed by atoms with Gasteiger partial charge in [-0.05, 0) is 18.9 Å². The summed E-state index contributed by atoms with van der Waals surface area (Å²) in [5, 5.41) is 19.8. The number of benzene rings is 1. The Balaban J connectivity index is 2.32. The van der Waals surface area contributed by atoms with Crippen molar-refractivity contribution in [3.05, 3.63) is 38.9 Å². The summed E-state index contributed by atoms with van der Waals surface area (Å²) in [5.74, 6) is -1.61. The molecule has 1 aliphatic carbocycles. The summed E-state index contributed by atoms with van der Waals surface area (Å²) in [5.41, 5.74) is -0.546. The zero-order valence-electron chi connectivity index (χ0n) is 11.0. The Hall–Kier alpha value is -2.15. The third kappa shape index (κ3) is 3.49. The molecule has 0 atom stereocenters. The minimum absolute atomic E-state index is 0.00447. The number of rotatable bonds is 6. The van der Waals surface area contributed by atoms with E-state index in [1.54, 1.807) is 0 Å². The van der Waals surface area contributed by atoms with Gasteiger partial charge < -0.3 is 10.0 Å². The number of carbonyl (C=O) groups is 2. The Morgan fingerprint density at radius 2 is 2.10 bits per heavy atom. The molecular weight excluding hydrogens is 300 g/mol. The maximum atomic E-state index is 12.5. The van der Waals surface area contributed by atoms with Crippen LogP contribution in [0, 0.1) is 10.1 Å². The van der Waals surface area contributed by atoms with E-state index < -0.39 is 16.8 Å². The van der Waals surface area contributed by atoms with Crippen LogP contribution in [-0.2, 0) is 4.79 Å². The first-order chi connectivity index (χ1) is 9.91. The van der Waals surface area contributed by atoms with Crippen LogP contribution in [0.1, 0.15) is 29.6 Å². The second kappa shape index (κ2) is 6.09. The van der Waals surface area contributed by atoms with E-state index in [0.717, 1.165) is 12.8 Å². The van der Waals surface area contributed by atoms with E-state index in [2.05, 4.69) is 0 Å². The molecule has 7 nitrogen and oxygen atoms in total. The number of amides is 1. The van der Waals surface area contributed by atoms with E-state index in [4.69, 9.17) is 16.7 Å². The second-order valence-corrected chi connectivity index (χ2v) is 5.17. The van der Waals surface area contributed by atoms with Gasteiger partial charge in [-0.25, -0.2) is 0 Å². The Labute approximate surface area is 125 Å². The fourth-order valence-electron chi connectivity index (χ4n) is 2.07. The molecule has 0 spiro atoms. The Bertz CT molecular complexity index is 600. The van der Waals surface area contributed by atoms with E-state index in [-0.39, 0.29) is 35.3 Å². The van der Waals surface area contributed by atoms with Crippen molar-refractivity contribution < 1.29 is 19.6 Å². The van der Waals surface area contributed by atoms with Crippen molar-refractivity contribution in [1.82, 2.24) is 4.90 Å². The molecule has 1 saturated carbocycles. The summed E-state index contributed by atoms with van der Waals surface area (Å²) < 4.78 is 0. The predicted molar refractivity (Wildman–Crippen MR) is 74.4 cm³/mol. The van der Waals surface area contributed by atoms with Crippen LogP contribution in [0.15, 0.2) is 18.2 Å². The smallest absolute Gasteiger partial charge is 0.305 e. The van der Waals surface area contributed by atoms with Gasteiger partial charge in [0.05, 0.1) is 16.4 Å². The highest BCUT2D eigenvalue weighted by atomic mass is 35.5. The van der Waals surface area contributed by atoms with Crippen LogP contribution >= 0.6 is 11.6 Å². The van der Waals surface area contributed by atoms with E-state index in [0.29, 0.717) is 0 Å². The molecule has 1 aliphatic rings. The lowest BCUT2D eigenvalue weighted by Gasteiger charge is -2.22. The second-order valence-electron chi connectivity index (χ2n) is 4.76. The van der Waals surface area contributed by atoms with E-state index in [9.17, 15) is 19.7 Å². The van der Waals surface area contributed by atoms with Crippen LogP contribution in [-0.4, -0.2) is 39.4 Å². The van der Waals surface area contributed by atoms with Gasteiger partial charge in [0.2, 0.25) is 0 Å². The lowest BCUT2D eigenvalue weighted by Crippen LogP contribution is -2.35. The molecule has 1 fully saturated rings. The van der Waals surface area contributed by atoms with Crippen molar-refractivity contribution in [3.63, 3.8) is 0 Å². The van der Waals surface area contributed by atoms with Crippen LogP contribution in [0.4, 0.5) is 5.69 Å². The summed E-state index contributed by atoms with van der Waals surface area (Å²) >= 11 is 5.93. The SMILES string of the molecule is O=C(O)CCN(C(=O)c1c(Cl)cccc1[N+](=O)[O-])C1CC1. The van der Waals surface area contributed by atoms with Gasteiger partial charge in [-0.3, -0.25) is 19.7 Å². The molecular formula is C13H13ClN2O5. The molecule has 2 rings (SSSR count). The van der Waals surface area contributed by atoms with E-state index >= 15 is 0 Å². The van der Waals surface area contributed by atoms with Crippen LogP contribution in [0.2, 0.25) is 5.02 Å². The van der Waals surface area contributed by atoms with Crippen molar-refractivity contribution >= 4 is 29.2 Å². The third-order valence-electron chi connectivity index (χ3n) is 3.22. The predicted octanol–water partition coefficient (Wildman–Crippen LogP) is 2.33. The lowest BCUT2D eigenvalue weighted by atomic mass is 10.1. The summed E-state index contributed by atoms with van der Waals surface area (Å²) in [6.07, 6.45) is 1.33. The van der Waals surface area contributed by atoms with Crippen LogP contribution in [0.5, 0.6) is 0 Å². The van der Waals surface area contributed by atoms with Gasteiger partial charge in [0.15, 0.2) is 0 Å². The molecule has 1 amide bonds. The molecule has 0 heterocycles. The topological polar surface area (TPSA) is 101 Å². The van der Waals surface area contributed by atoms with Crippen molar-refractivity contribution in [1.29, 1.82) is 0 Å². The van der Waals surface area contributed by atoms with Crippen LogP contribution in [0.3, 0.4) is 0 Å². The van der Waals surface area contributed by atoms with Crippen molar-refractivity contribution in [2.75, 3.05) is 6.54 Å². The van der Waals surface area contributed by atoms with Crippen molar-refractivity contribution in [2.45, 2.75) is 25.3 Å². The average Bonchev–Trinajstić information content (AvgIpc) is 3.22. The number of aliphatic carboxylic acids is 1. The third-order valence-corrected chi connectivity index (χ3v) is 3.53. The summed E-state index contributed by atoms with van der Waals surface area (Å²) in [4.78, 5) is 34.9. The number of hydrogen-bond acceptors (Lipinski definition) is 4. The highest BCUT2D eigenvalue weighted by Crippen LogP contribution is 2.33. The molecule has 1 aromatic rings. The Morgan fingerprint density at radius 1 is 1.43 bits per heavy atom. The number of nitro benzene ring substituents is 1. The number of hydrogen-bond donors (Lipinski definition) is 1. The van der Waals surface area contributed by atoms with Gasteiger partial charge >= 0.3 is 5.97 Å². The molecule has 0 saturated heterocycles. The maximum absolute atomic E-state index is 12.5. The summed E-state index contributed by atoms with van der Waals surface area (Å²) in [7, 11) is 0. The van der Waals surface area contributed by atoms with Crippen molar-refractivity contribution in [3.8, 4) is 0 Å². The Morgan fingerprint density at radius 3 is 2.62 bits per heavy atom. The molecule has 112 valence electrons. The first-order valence-electron chi connectivity index (χ1n) is 6.37. The molecule has 0 aromatic heterocycles. The highest BCUT2D eigenvalue weighted by molar-refractivity contribution is 6.34. The zero-order valence-corrected chi connectivity index (χ0v) is 11.7. The number of carbonyl (C=O) groups excluding carboxylic acids is 1. The monoisotopic (exact) mass is 312 g/mol. The Kier molecular flexibility index (Phi) is 4.42. The summed E-state index contributed by atoms with van der Waals surface area (Å²) in [6, 6.07) is 3.95. The number of carboxylic acids is 1. The quantitative estimate of drug-likeness (QED) is 0.641. The molecule has 0 radical (unpaired) electrons.